The van der Waals surface area contributed by atoms with E-state index in [0.29, 0.717) is 16.8 Å². The molecule has 4 heteroatoms. The predicted octanol–water partition coefficient (Wildman–Crippen LogP) is 0.816. The Balaban J connectivity index is 2.75. The summed E-state index contributed by atoms with van der Waals surface area (Å²) in [6.45, 7) is 3.54. The van der Waals surface area contributed by atoms with Gasteiger partial charge in [0.1, 0.15) is 0 Å². The van der Waals surface area contributed by atoms with Crippen molar-refractivity contribution in [3.05, 3.63) is 29.3 Å². The van der Waals surface area contributed by atoms with Crippen LogP contribution >= 0.6 is 0 Å². The molecule has 0 atom stereocenters. The van der Waals surface area contributed by atoms with Crippen molar-refractivity contribution in [2.45, 2.75) is 19.3 Å². The summed E-state index contributed by atoms with van der Waals surface area (Å²) in [5.41, 5.74) is 6.53. The van der Waals surface area contributed by atoms with Crippen molar-refractivity contribution in [3.8, 4) is 0 Å². The minimum Gasteiger partial charge on any atom is -0.398 e. The number of nitrogen functional groups attached to an aromatic ring is 1. The van der Waals surface area contributed by atoms with Gasteiger partial charge in [0.25, 0.3) is 5.91 Å². The van der Waals surface area contributed by atoms with E-state index in [1.165, 1.54) is 0 Å². The van der Waals surface area contributed by atoms with Crippen LogP contribution in [0.15, 0.2) is 18.2 Å². The SMILES string of the molecule is CC1(C)C(=O)NC(=O)c2c(N)cccc21. The van der Waals surface area contributed by atoms with Gasteiger partial charge in [-0.05, 0) is 25.5 Å². The summed E-state index contributed by atoms with van der Waals surface area (Å²) in [5.74, 6) is -0.696. The molecule has 3 N–H and O–H groups in total. The summed E-state index contributed by atoms with van der Waals surface area (Å²) in [5, 5.41) is 2.31. The van der Waals surface area contributed by atoms with Gasteiger partial charge in [0.05, 0.1) is 11.0 Å². The van der Waals surface area contributed by atoms with E-state index in [2.05, 4.69) is 5.32 Å². The van der Waals surface area contributed by atoms with E-state index < -0.39 is 11.3 Å². The number of hydrogen-bond donors (Lipinski definition) is 2. The van der Waals surface area contributed by atoms with Crippen molar-refractivity contribution in [2.24, 2.45) is 0 Å². The number of hydrogen-bond acceptors (Lipinski definition) is 3. The first-order chi connectivity index (χ1) is 6.94. The number of rotatable bonds is 0. The van der Waals surface area contributed by atoms with Crippen LogP contribution in [-0.2, 0) is 10.2 Å². The number of imide groups is 1. The molecule has 1 aliphatic heterocycles. The molecule has 2 rings (SSSR count). The lowest BCUT2D eigenvalue weighted by Gasteiger charge is -2.30. The fraction of sp³-hybridized carbons (Fsp3) is 0.273. The zero-order valence-corrected chi connectivity index (χ0v) is 8.63. The largest absolute Gasteiger partial charge is 0.398 e. The Bertz CT molecular complexity index is 464. The average molecular weight is 204 g/mol. The summed E-state index contributed by atoms with van der Waals surface area (Å²) >= 11 is 0. The van der Waals surface area contributed by atoms with Crippen LogP contribution in [0.5, 0.6) is 0 Å². The molecule has 0 bridgehead atoms. The molecule has 2 amide bonds. The normalized spacial score (nSPS) is 18.3. The van der Waals surface area contributed by atoms with Crippen molar-refractivity contribution in [1.29, 1.82) is 0 Å². The van der Waals surface area contributed by atoms with E-state index in [1.54, 1.807) is 32.0 Å². The number of benzene rings is 1. The van der Waals surface area contributed by atoms with Gasteiger partial charge in [-0.25, -0.2) is 0 Å². The van der Waals surface area contributed by atoms with E-state index >= 15 is 0 Å². The first-order valence-corrected chi connectivity index (χ1v) is 4.69. The van der Waals surface area contributed by atoms with E-state index in [4.69, 9.17) is 5.73 Å². The number of nitrogens with two attached hydrogens (primary N) is 1. The van der Waals surface area contributed by atoms with E-state index in [-0.39, 0.29) is 5.91 Å². The number of amides is 2. The predicted molar refractivity (Wildman–Crippen MR) is 56.4 cm³/mol. The summed E-state index contributed by atoms with van der Waals surface area (Å²) in [6, 6.07) is 5.18. The summed E-state index contributed by atoms with van der Waals surface area (Å²) in [7, 11) is 0. The molecule has 15 heavy (non-hydrogen) atoms. The Labute approximate surface area is 87.5 Å². The highest BCUT2D eigenvalue weighted by Crippen LogP contribution is 2.32. The summed E-state index contributed by atoms with van der Waals surface area (Å²) in [4.78, 5) is 23.2. The van der Waals surface area contributed by atoms with Crippen LogP contribution in [0.4, 0.5) is 5.69 Å². The third kappa shape index (κ3) is 1.21. The molecule has 0 saturated heterocycles. The Hall–Kier alpha value is -1.84. The molecule has 0 aliphatic carbocycles. The number of carbonyl (C=O) groups is 2. The number of nitrogens with one attached hydrogen (secondary N) is 1. The first kappa shape index (κ1) is 9.71. The van der Waals surface area contributed by atoms with Crippen LogP contribution in [0.3, 0.4) is 0 Å². The fourth-order valence-corrected chi connectivity index (χ4v) is 1.79. The molecule has 0 saturated carbocycles. The molecule has 4 nitrogen and oxygen atoms in total. The Morgan fingerprint density at radius 3 is 2.60 bits per heavy atom. The maximum Gasteiger partial charge on any atom is 0.260 e. The van der Waals surface area contributed by atoms with Crippen LogP contribution in [-0.4, -0.2) is 11.8 Å². The molecule has 78 valence electrons. The minimum atomic E-state index is -0.710. The third-order valence-electron chi connectivity index (χ3n) is 2.79. The van der Waals surface area contributed by atoms with Gasteiger partial charge in [-0.1, -0.05) is 12.1 Å². The lowest BCUT2D eigenvalue weighted by molar-refractivity contribution is -0.125. The van der Waals surface area contributed by atoms with Crippen molar-refractivity contribution in [3.63, 3.8) is 0 Å². The number of fused-ring (bicyclic) bond motifs is 1. The smallest absolute Gasteiger partial charge is 0.260 e. The van der Waals surface area contributed by atoms with Crippen LogP contribution in [0.25, 0.3) is 0 Å². The van der Waals surface area contributed by atoms with Gasteiger partial charge < -0.3 is 5.73 Å². The molecule has 0 spiro atoms. The lowest BCUT2D eigenvalue weighted by Crippen LogP contribution is -2.49. The zero-order chi connectivity index (χ0) is 11.2. The van der Waals surface area contributed by atoms with Crippen molar-refractivity contribution in [2.75, 3.05) is 5.73 Å². The second-order valence-corrected chi connectivity index (χ2v) is 4.18. The van der Waals surface area contributed by atoms with Crippen LogP contribution in [0, 0.1) is 0 Å². The van der Waals surface area contributed by atoms with E-state index in [9.17, 15) is 9.59 Å². The van der Waals surface area contributed by atoms with Crippen LogP contribution < -0.4 is 11.1 Å². The third-order valence-corrected chi connectivity index (χ3v) is 2.79. The minimum absolute atomic E-state index is 0.286. The standard InChI is InChI=1S/C11H12N2O2/c1-11(2)6-4-3-5-7(12)8(6)9(14)13-10(11)15/h3-5H,12H2,1-2H3,(H,13,14,15). The van der Waals surface area contributed by atoms with Gasteiger partial charge in [0.15, 0.2) is 0 Å². The van der Waals surface area contributed by atoms with Gasteiger partial charge in [0, 0.05) is 5.69 Å². The van der Waals surface area contributed by atoms with Crippen LogP contribution in [0.2, 0.25) is 0 Å². The maximum absolute atomic E-state index is 11.6. The quantitative estimate of drug-likeness (QED) is 0.485. The van der Waals surface area contributed by atoms with Crippen molar-refractivity contribution >= 4 is 17.5 Å². The lowest BCUT2D eigenvalue weighted by atomic mass is 9.78. The molecular weight excluding hydrogens is 192 g/mol. The van der Waals surface area contributed by atoms with Crippen LogP contribution in [0.1, 0.15) is 29.8 Å². The highest BCUT2D eigenvalue weighted by atomic mass is 16.2. The van der Waals surface area contributed by atoms with Crippen molar-refractivity contribution < 1.29 is 9.59 Å². The number of anilines is 1. The first-order valence-electron chi connectivity index (χ1n) is 4.69. The highest BCUT2D eigenvalue weighted by Gasteiger charge is 2.39. The Kier molecular flexibility index (Phi) is 1.83. The van der Waals surface area contributed by atoms with Gasteiger partial charge in [0.2, 0.25) is 5.91 Å². The average Bonchev–Trinajstić information content (AvgIpc) is 2.15. The molecule has 0 aromatic heterocycles. The van der Waals surface area contributed by atoms with Gasteiger partial charge in [-0.2, -0.15) is 0 Å². The summed E-state index contributed by atoms with van der Waals surface area (Å²) < 4.78 is 0. The maximum atomic E-state index is 11.6. The molecule has 1 heterocycles. The number of carbonyl (C=O) groups excluding carboxylic acids is 2. The molecule has 1 aliphatic rings. The zero-order valence-electron chi connectivity index (χ0n) is 8.63. The monoisotopic (exact) mass is 204 g/mol. The molecule has 1 aromatic carbocycles. The second kappa shape index (κ2) is 2.82. The molecule has 0 unspecified atom stereocenters. The fourth-order valence-electron chi connectivity index (χ4n) is 1.79. The molecule has 0 radical (unpaired) electrons. The van der Waals surface area contributed by atoms with Gasteiger partial charge >= 0.3 is 0 Å². The highest BCUT2D eigenvalue weighted by molar-refractivity contribution is 6.15. The molecule has 0 fully saturated rings. The Morgan fingerprint density at radius 1 is 1.27 bits per heavy atom. The second-order valence-electron chi connectivity index (χ2n) is 4.18. The van der Waals surface area contributed by atoms with E-state index in [1.807, 2.05) is 0 Å². The molecule has 1 aromatic rings. The topological polar surface area (TPSA) is 72.2 Å². The molecular formula is C11H12N2O2. The summed E-state index contributed by atoms with van der Waals surface area (Å²) in [6.07, 6.45) is 0. The Morgan fingerprint density at radius 2 is 1.93 bits per heavy atom. The van der Waals surface area contributed by atoms with Crippen molar-refractivity contribution in [1.82, 2.24) is 5.32 Å². The van der Waals surface area contributed by atoms with E-state index in [0.717, 1.165) is 0 Å². The van der Waals surface area contributed by atoms with Gasteiger partial charge in [-0.3, -0.25) is 14.9 Å². The van der Waals surface area contributed by atoms with Gasteiger partial charge in [-0.15, -0.1) is 0 Å².